The topological polar surface area (TPSA) is 25.2 Å². The van der Waals surface area contributed by atoms with E-state index in [0.717, 1.165) is 17.1 Å². The fourth-order valence-corrected chi connectivity index (χ4v) is 2.44. The van der Waals surface area contributed by atoms with Gasteiger partial charge < -0.3 is 9.47 Å². The molecule has 2 aromatic rings. The van der Waals surface area contributed by atoms with Gasteiger partial charge in [-0.05, 0) is 18.6 Å². The highest BCUT2D eigenvalue weighted by molar-refractivity contribution is 5.86. The molecule has 0 saturated heterocycles. The first kappa shape index (κ1) is 16.3. The number of fused-ring (bicyclic) bond motifs is 1. The summed E-state index contributed by atoms with van der Waals surface area (Å²) in [5, 5.41) is -0.319. The Morgan fingerprint density at radius 1 is 1.23 bits per heavy atom. The van der Waals surface area contributed by atoms with Crippen LogP contribution in [0.15, 0.2) is 23.0 Å². The number of hydrogen-bond acceptors (Lipinski definition) is 2. The first-order chi connectivity index (χ1) is 10.2. The van der Waals surface area contributed by atoms with Gasteiger partial charge in [-0.1, -0.05) is 6.92 Å². The summed E-state index contributed by atoms with van der Waals surface area (Å²) in [5.74, 6) is -0.743. The van der Waals surface area contributed by atoms with Gasteiger partial charge in [0.05, 0.1) is 16.8 Å². The highest BCUT2D eigenvalue weighted by Crippen LogP contribution is 2.35. The number of halogens is 4. The summed E-state index contributed by atoms with van der Waals surface area (Å²) >= 11 is 0. The van der Waals surface area contributed by atoms with Crippen LogP contribution >= 0.6 is 0 Å². The minimum absolute atomic E-state index is 0.0548. The fourth-order valence-electron chi connectivity index (χ4n) is 2.44. The van der Waals surface area contributed by atoms with Crippen LogP contribution in [0.5, 0.6) is 0 Å². The predicted octanol–water partition coefficient (Wildman–Crippen LogP) is 3.54. The maximum absolute atomic E-state index is 14.2. The number of aryl methyl sites for hydroxylation is 1. The maximum Gasteiger partial charge on any atom is 0.417 e. The van der Waals surface area contributed by atoms with Crippen molar-refractivity contribution in [2.45, 2.75) is 19.5 Å². The Bertz CT molecular complexity index is 765. The summed E-state index contributed by atoms with van der Waals surface area (Å²) in [4.78, 5) is 13.4. The van der Waals surface area contributed by atoms with Crippen LogP contribution < -0.4 is 10.5 Å². The van der Waals surface area contributed by atoms with Crippen molar-refractivity contribution in [3.8, 4) is 0 Å². The number of anilines is 1. The first-order valence-corrected chi connectivity index (χ1v) is 6.78. The molecule has 0 radical (unpaired) electrons. The van der Waals surface area contributed by atoms with Crippen LogP contribution in [0.4, 0.5) is 23.2 Å². The van der Waals surface area contributed by atoms with E-state index in [1.54, 1.807) is 11.9 Å². The number of alkyl halides is 3. The Labute approximate surface area is 124 Å². The van der Waals surface area contributed by atoms with E-state index in [1.165, 1.54) is 13.1 Å². The van der Waals surface area contributed by atoms with Gasteiger partial charge in [0.25, 0.3) is 5.56 Å². The molecule has 0 aliphatic heterocycles. The molecular weight excluding hydrogens is 300 g/mol. The summed E-state index contributed by atoms with van der Waals surface area (Å²) in [5.41, 5.74) is -1.67. The van der Waals surface area contributed by atoms with Crippen LogP contribution in [-0.4, -0.2) is 18.2 Å². The zero-order valence-electron chi connectivity index (χ0n) is 12.5. The summed E-state index contributed by atoms with van der Waals surface area (Å²) < 4.78 is 54.5. The van der Waals surface area contributed by atoms with Crippen molar-refractivity contribution in [3.63, 3.8) is 0 Å². The van der Waals surface area contributed by atoms with Crippen LogP contribution in [0, 0.1) is 5.82 Å². The SMILES string of the molecule is CCCN(C)c1cc2c(cc1F)c(C(F)(F)F)cc(=O)n2C. The first-order valence-electron chi connectivity index (χ1n) is 6.78. The number of rotatable bonds is 3. The fraction of sp³-hybridized carbons (Fsp3) is 0.400. The van der Waals surface area contributed by atoms with Gasteiger partial charge in [-0.3, -0.25) is 4.79 Å². The number of nitrogens with zero attached hydrogens (tertiary/aromatic N) is 2. The molecule has 0 saturated carbocycles. The monoisotopic (exact) mass is 316 g/mol. The Morgan fingerprint density at radius 3 is 2.41 bits per heavy atom. The molecular formula is C15H16F4N2O. The molecule has 22 heavy (non-hydrogen) atoms. The lowest BCUT2D eigenvalue weighted by Gasteiger charge is -2.21. The van der Waals surface area contributed by atoms with Crippen LogP contribution in [0.25, 0.3) is 10.9 Å². The van der Waals surface area contributed by atoms with Crippen molar-refractivity contribution in [3.05, 3.63) is 39.9 Å². The van der Waals surface area contributed by atoms with Crippen molar-refractivity contribution < 1.29 is 17.6 Å². The minimum atomic E-state index is -4.71. The summed E-state index contributed by atoms with van der Waals surface area (Å²) in [6.45, 7) is 2.46. The third-order valence-corrected chi connectivity index (χ3v) is 3.59. The lowest BCUT2D eigenvalue weighted by atomic mass is 10.1. The van der Waals surface area contributed by atoms with E-state index in [-0.39, 0.29) is 16.6 Å². The highest BCUT2D eigenvalue weighted by Gasteiger charge is 2.34. The molecule has 1 heterocycles. The van der Waals surface area contributed by atoms with Gasteiger partial charge in [-0.15, -0.1) is 0 Å². The van der Waals surface area contributed by atoms with E-state index < -0.39 is 23.1 Å². The van der Waals surface area contributed by atoms with E-state index in [9.17, 15) is 22.4 Å². The summed E-state index contributed by atoms with van der Waals surface area (Å²) in [6.07, 6.45) is -3.95. The average molecular weight is 316 g/mol. The van der Waals surface area contributed by atoms with Crippen LogP contribution in [0.1, 0.15) is 18.9 Å². The van der Waals surface area contributed by atoms with Crippen molar-refractivity contribution in [1.82, 2.24) is 4.57 Å². The summed E-state index contributed by atoms with van der Waals surface area (Å²) in [7, 11) is 3.02. The molecule has 1 aromatic carbocycles. The van der Waals surface area contributed by atoms with Crippen molar-refractivity contribution in [1.29, 1.82) is 0 Å². The van der Waals surface area contributed by atoms with Crippen molar-refractivity contribution in [2.75, 3.05) is 18.5 Å². The second kappa shape index (κ2) is 5.62. The molecule has 0 N–H and O–H groups in total. The molecule has 1 aromatic heterocycles. The highest BCUT2D eigenvalue weighted by atomic mass is 19.4. The molecule has 0 atom stereocenters. The Hall–Kier alpha value is -2.05. The van der Waals surface area contributed by atoms with Gasteiger partial charge in [0.1, 0.15) is 5.82 Å². The number of pyridine rings is 1. The Morgan fingerprint density at radius 2 is 1.86 bits per heavy atom. The van der Waals surface area contributed by atoms with Crippen LogP contribution in [0.3, 0.4) is 0 Å². The minimum Gasteiger partial charge on any atom is -0.372 e. The third-order valence-electron chi connectivity index (χ3n) is 3.59. The molecule has 7 heteroatoms. The van der Waals surface area contributed by atoms with Crippen LogP contribution in [0.2, 0.25) is 0 Å². The molecule has 0 aliphatic carbocycles. The van der Waals surface area contributed by atoms with Gasteiger partial charge in [0, 0.05) is 32.1 Å². The molecule has 0 amide bonds. The standard InChI is InChI=1S/C15H16F4N2O/c1-4-5-20(2)13-8-12-9(6-11(13)16)10(15(17,18)19)7-14(22)21(12)3/h6-8H,4-5H2,1-3H3. The molecule has 0 unspecified atom stereocenters. The van der Waals surface area contributed by atoms with Crippen LogP contribution in [-0.2, 0) is 13.2 Å². The molecule has 0 bridgehead atoms. The zero-order valence-corrected chi connectivity index (χ0v) is 12.5. The number of benzene rings is 1. The van der Waals surface area contributed by atoms with Gasteiger partial charge in [-0.2, -0.15) is 13.2 Å². The van der Waals surface area contributed by atoms with E-state index >= 15 is 0 Å². The Kier molecular flexibility index (Phi) is 4.17. The quantitative estimate of drug-likeness (QED) is 0.809. The third kappa shape index (κ3) is 2.80. The number of hydrogen-bond donors (Lipinski definition) is 0. The smallest absolute Gasteiger partial charge is 0.372 e. The van der Waals surface area contributed by atoms with Gasteiger partial charge in [-0.25, -0.2) is 4.39 Å². The van der Waals surface area contributed by atoms with Crippen molar-refractivity contribution in [2.24, 2.45) is 7.05 Å². The molecule has 2 rings (SSSR count). The number of aromatic nitrogens is 1. The largest absolute Gasteiger partial charge is 0.417 e. The molecule has 120 valence electrons. The van der Waals surface area contributed by atoms with E-state index in [0.29, 0.717) is 12.6 Å². The van der Waals surface area contributed by atoms with Gasteiger partial charge in [0.2, 0.25) is 0 Å². The molecule has 0 fully saturated rings. The van der Waals surface area contributed by atoms with Crippen molar-refractivity contribution >= 4 is 16.6 Å². The molecule has 0 aliphatic rings. The molecule has 0 spiro atoms. The second-order valence-electron chi connectivity index (χ2n) is 5.20. The Balaban J connectivity index is 2.83. The van der Waals surface area contributed by atoms with Gasteiger partial charge >= 0.3 is 6.18 Å². The van der Waals surface area contributed by atoms with Gasteiger partial charge in [0.15, 0.2) is 0 Å². The normalized spacial score (nSPS) is 12.0. The van der Waals surface area contributed by atoms with E-state index in [4.69, 9.17) is 0 Å². The molecule has 3 nitrogen and oxygen atoms in total. The second-order valence-corrected chi connectivity index (χ2v) is 5.20. The summed E-state index contributed by atoms with van der Waals surface area (Å²) in [6, 6.07) is 2.63. The van der Waals surface area contributed by atoms with E-state index in [2.05, 4.69) is 0 Å². The predicted molar refractivity (Wildman–Crippen MR) is 77.7 cm³/mol. The lowest BCUT2D eigenvalue weighted by molar-refractivity contribution is -0.136. The maximum atomic E-state index is 14.2. The average Bonchev–Trinajstić information content (AvgIpc) is 2.41. The van der Waals surface area contributed by atoms with E-state index in [1.807, 2.05) is 6.92 Å². The lowest BCUT2D eigenvalue weighted by Crippen LogP contribution is -2.23. The zero-order chi connectivity index (χ0) is 16.7.